The van der Waals surface area contributed by atoms with Crippen LogP contribution in [0.5, 0.6) is 0 Å². The number of imidazole rings is 1. The van der Waals surface area contributed by atoms with Crippen molar-refractivity contribution in [3.8, 4) is 0 Å². The lowest BCUT2D eigenvalue weighted by Gasteiger charge is -2.28. The van der Waals surface area contributed by atoms with Crippen molar-refractivity contribution in [3.05, 3.63) is 90.1 Å². The maximum atomic E-state index is 14.7. The number of guanidine groups is 2. The number of fused-ring (bicyclic) bond motifs is 1. The molecular weight excluding hydrogens is 997 g/mol. The van der Waals surface area contributed by atoms with Crippen LogP contribution in [0, 0.1) is 0 Å². The number of benzene rings is 2. The number of aliphatic imine (C=N–C) groups is 2. The van der Waals surface area contributed by atoms with Crippen molar-refractivity contribution < 1.29 is 43.2 Å². The van der Waals surface area contributed by atoms with Crippen molar-refractivity contribution in [2.75, 3.05) is 19.6 Å². The number of para-hydroxylation sites is 1. The van der Waals surface area contributed by atoms with E-state index in [-0.39, 0.29) is 95.8 Å². The van der Waals surface area contributed by atoms with E-state index in [1.807, 2.05) is 24.3 Å². The third-order valence-corrected chi connectivity index (χ3v) is 12.4. The molecule has 2 aromatic carbocycles. The van der Waals surface area contributed by atoms with Crippen molar-refractivity contribution in [2.45, 2.75) is 120 Å². The van der Waals surface area contributed by atoms with Crippen LogP contribution in [0.3, 0.4) is 0 Å². The van der Waals surface area contributed by atoms with Crippen LogP contribution in [0.25, 0.3) is 10.9 Å². The first-order valence-electron chi connectivity index (χ1n) is 25.2. The van der Waals surface area contributed by atoms with E-state index >= 15 is 0 Å². The van der Waals surface area contributed by atoms with Crippen molar-refractivity contribution >= 4 is 76.0 Å². The minimum absolute atomic E-state index is 0.0123. The minimum Gasteiger partial charge on any atom is -0.370 e. The van der Waals surface area contributed by atoms with Crippen molar-refractivity contribution in [1.82, 2.24) is 57.5 Å². The van der Waals surface area contributed by atoms with Gasteiger partial charge in [-0.3, -0.25) is 53.1 Å². The molecule has 5 rings (SSSR count). The second kappa shape index (κ2) is 29.7. The third kappa shape index (κ3) is 19.6. The van der Waals surface area contributed by atoms with E-state index in [2.05, 4.69) is 67.5 Å². The Morgan fingerprint density at radius 3 is 1.97 bits per heavy atom. The van der Waals surface area contributed by atoms with Crippen molar-refractivity contribution in [1.29, 1.82) is 0 Å². The van der Waals surface area contributed by atoms with Crippen molar-refractivity contribution in [3.63, 3.8) is 0 Å². The predicted octanol–water partition coefficient (Wildman–Crippen LogP) is -3.38. The molecule has 0 spiro atoms. The minimum atomic E-state index is -1.65. The number of nitrogens with one attached hydrogen (secondary N) is 10. The van der Waals surface area contributed by atoms with Crippen LogP contribution in [0.4, 0.5) is 0 Å². The first kappa shape index (κ1) is 58.8. The molecule has 1 aliphatic heterocycles. The fourth-order valence-corrected chi connectivity index (χ4v) is 8.49. The van der Waals surface area contributed by atoms with Crippen LogP contribution in [0.15, 0.2) is 83.3 Å². The summed E-state index contributed by atoms with van der Waals surface area (Å²) in [6, 6.07) is 6.23. The van der Waals surface area contributed by atoms with Gasteiger partial charge in [-0.05, 0) is 62.1 Å². The topological polar surface area (TPSA) is 449 Å². The molecule has 1 unspecified atom stereocenters. The van der Waals surface area contributed by atoms with Gasteiger partial charge in [-0.2, -0.15) is 0 Å². The lowest BCUT2D eigenvalue weighted by Crippen LogP contribution is -2.61. The Morgan fingerprint density at radius 2 is 1.31 bits per heavy atom. The lowest BCUT2D eigenvalue weighted by molar-refractivity contribution is -0.136. The molecular formula is C50H70N18O9. The van der Waals surface area contributed by atoms with Gasteiger partial charge in [0.05, 0.1) is 12.7 Å². The van der Waals surface area contributed by atoms with Gasteiger partial charge in [-0.1, -0.05) is 48.5 Å². The van der Waals surface area contributed by atoms with E-state index in [0.717, 1.165) is 10.9 Å². The molecule has 1 fully saturated rings. The number of amides is 9. The van der Waals surface area contributed by atoms with Gasteiger partial charge in [0.25, 0.3) is 0 Å². The smallest absolute Gasteiger partial charge is 0.243 e. The van der Waals surface area contributed by atoms with Gasteiger partial charge in [0.2, 0.25) is 53.2 Å². The summed E-state index contributed by atoms with van der Waals surface area (Å²) in [4.78, 5) is 143. The first-order valence-corrected chi connectivity index (χ1v) is 25.2. The van der Waals surface area contributed by atoms with Crippen LogP contribution in [-0.4, -0.2) is 142 Å². The SMILES string of the molecule is CC(=O)N[C@H](CCCN=C(N)N)C(=O)N[C@H]1CC(=O)NCCCCC(C(N)=O)NC(=O)[C@H](Cc2c[nH]c3ccccc23)NC(=O)[C@H](CCCN=C(N)N)NC(=O)[C@@H](Cc2ccccc2)NC(=O)[C@H](Cc2cnc[nH]2)NC1=O. The summed E-state index contributed by atoms with van der Waals surface area (Å²) in [7, 11) is 0. The van der Waals surface area contributed by atoms with Gasteiger partial charge >= 0.3 is 0 Å². The molecule has 1 saturated heterocycles. The van der Waals surface area contributed by atoms with E-state index < -0.39 is 102 Å². The van der Waals surface area contributed by atoms with Crippen LogP contribution >= 0.6 is 0 Å². The molecule has 0 bridgehead atoms. The summed E-state index contributed by atoms with van der Waals surface area (Å²) in [6.07, 6.45) is 4.23. The zero-order valence-corrected chi connectivity index (χ0v) is 42.8. The van der Waals surface area contributed by atoms with E-state index in [9.17, 15) is 43.2 Å². The van der Waals surface area contributed by atoms with Crippen molar-refractivity contribution in [2.24, 2.45) is 38.7 Å². The Kier molecular flexibility index (Phi) is 22.7. The maximum absolute atomic E-state index is 14.7. The normalized spacial score (nSPS) is 20.8. The van der Waals surface area contributed by atoms with Gasteiger partial charge in [0.1, 0.15) is 42.3 Å². The number of H-pyrrole nitrogens is 2. The quantitative estimate of drug-likeness (QED) is 0.0263. The second-order valence-corrected chi connectivity index (χ2v) is 18.5. The summed E-state index contributed by atoms with van der Waals surface area (Å²) < 4.78 is 0. The number of nitrogens with zero attached hydrogens (tertiary/aromatic N) is 3. The zero-order valence-electron chi connectivity index (χ0n) is 42.8. The third-order valence-electron chi connectivity index (χ3n) is 12.4. The molecule has 3 heterocycles. The molecule has 4 aromatic rings. The number of aromatic amines is 2. The summed E-state index contributed by atoms with van der Waals surface area (Å²) in [5, 5.41) is 22.2. The fraction of sp³-hybridized carbons (Fsp3) is 0.440. The van der Waals surface area contributed by atoms with Gasteiger partial charge in [0, 0.05) is 74.8 Å². The molecule has 0 radical (unpaired) electrons. The average molecular weight is 1070 g/mol. The largest absolute Gasteiger partial charge is 0.370 e. The molecule has 77 heavy (non-hydrogen) atoms. The Bertz CT molecular complexity index is 2720. The van der Waals surface area contributed by atoms with Crippen LogP contribution in [-0.2, 0) is 62.4 Å². The molecule has 2 aromatic heterocycles. The van der Waals surface area contributed by atoms with Gasteiger partial charge in [-0.15, -0.1) is 0 Å². The molecule has 20 N–H and O–H groups in total. The average Bonchev–Trinajstić information content (AvgIpc) is 4.07. The lowest BCUT2D eigenvalue weighted by atomic mass is 10.0. The highest BCUT2D eigenvalue weighted by Gasteiger charge is 2.35. The van der Waals surface area contributed by atoms with Gasteiger partial charge in [0.15, 0.2) is 11.9 Å². The number of nitrogens with two attached hydrogens (primary N) is 5. The van der Waals surface area contributed by atoms with E-state index in [1.165, 1.54) is 19.4 Å². The number of hydrogen-bond acceptors (Lipinski definition) is 12. The van der Waals surface area contributed by atoms with Crippen LogP contribution < -0.4 is 71.2 Å². The van der Waals surface area contributed by atoms with Crippen LogP contribution in [0.1, 0.15) is 75.1 Å². The number of primary amides is 1. The number of hydrogen-bond donors (Lipinski definition) is 15. The summed E-state index contributed by atoms with van der Waals surface area (Å²) in [6.45, 7) is 1.37. The molecule has 0 aliphatic carbocycles. The Morgan fingerprint density at radius 1 is 0.701 bits per heavy atom. The van der Waals surface area contributed by atoms with E-state index in [1.54, 1.807) is 36.5 Å². The summed E-state index contributed by atoms with van der Waals surface area (Å²) in [5.74, 6) is -7.66. The standard InChI is InChI=1S/C50H70N18O9/c1-28(69)62-35(16-9-19-58-49(52)53)43(72)68-40-24-41(70)57-18-8-7-15-34(42(51)71)63-46(75)38(22-30-25-60-33-14-6-5-13-32(30)33)66-44(73)36(17-10-20-59-50(54)55)64-45(74)37(21-29-11-3-2-4-12-29)65-47(76)39(67-48(40)77)23-31-26-56-27-61-31/h2-6,11-14,25-27,34-40,60H,7-10,15-24H2,1H3,(H2,51,71)(H,56,61)(H,57,70)(H,62,69)(H,63,75)(H,64,74)(H,65,76)(H,66,73)(H,67,77)(H,68,72)(H4,52,53,58)(H4,54,55,59)/t34?,35-,36+,37-,38+,39+,40+/m1/s1. The molecule has 414 valence electrons. The number of carbonyl (C=O) groups is 9. The van der Waals surface area contributed by atoms with Crippen LogP contribution in [0.2, 0.25) is 0 Å². The molecule has 27 nitrogen and oxygen atoms in total. The fourth-order valence-electron chi connectivity index (χ4n) is 8.49. The Balaban J connectivity index is 1.55. The highest BCUT2D eigenvalue weighted by Crippen LogP contribution is 2.20. The first-order chi connectivity index (χ1) is 36.9. The Hall–Kier alpha value is -9.04. The molecule has 0 saturated carbocycles. The van der Waals surface area contributed by atoms with Gasteiger partial charge < -0.3 is 81.2 Å². The van der Waals surface area contributed by atoms with Gasteiger partial charge in [-0.25, -0.2) is 4.98 Å². The highest BCUT2D eigenvalue weighted by atomic mass is 16.2. The molecule has 7 atom stereocenters. The maximum Gasteiger partial charge on any atom is 0.243 e. The monoisotopic (exact) mass is 1070 g/mol. The molecule has 27 heteroatoms. The molecule has 1 aliphatic rings. The molecule has 9 amide bonds. The second-order valence-electron chi connectivity index (χ2n) is 18.5. The van der Waals surface area contributed by atoms with E-state index in [0.29, 0.717) is 16.8 Å². The number of rotatable bonds is 18. The predicted molar refractivity (Wildman–Crippen MR) is 284 cm³/mol. The number of aromatic nitrogens is 3. The number of carbonyl (C=O) groups excluding carboxylic acids is 9. The Labute approximate surface area is 443 Å². The highest BCUT2D eigenvalue weighted by molar-refractivity contribution is 5.99. The summed E-state index contributed by atoms with van der Waals surface area (Å²) in [5.41, 5.74) is 30.2. The summed E-state index contributed by atoms with van der Waals surface area (Å²) >= 11 is 0. The zero-order chi connectivity index (χ0) is 55.9. The van der Waals surface area contributed by atoms with E-state index in [4.69, 9.17) is 28.7 Å².